The van der Waals surface area contributed by atoms with Crippen molar-refractivity contribution < 1.29 is 18.7 Å². The molecule has 3 rings (SSSR count). The molecule has 2 atom stereocenters. The summed E-state index contributed by atoms with van der Waals surface area (Å²) in [6, 6.07) is 10.5. The Kier molecular flexibility index (Phi) is 5.58. The van der Waals surface area contributed by atoms with Crippen molar-refractivity contribution in [3.63, 3.8) is 0 Å². The van der Waals surface area contributed by atoms with Gasteiger partial charge in [0.05, 0.1) is 18.5 Å². The second-order valence-corrected chi connectivity index (χ2v) is 6.45. The second-order valence-electron chi connectivity index (χ2n) is 6.45. The number of rotatable bonds is 4. The molecule has 7 nitrogen and oxygen atoms in total. The number of furan rings is 1. The number of urea groups is 1. The minimum absolute atomic E-state index is 0.0431. The molecule has 1 aliphatic rings. The van der Waals surface area contributed by atoms with Crippen LogP contribution in [0.3, 0.4) is 0 Å². The highest BCUT2D eigenvalue weighted by Gasteiger charge is 2.25. The lowest BCUT2D eigenvalue weighted by atomic mass is 10.2. The third-order valence-electron chi connectivity index (χ3n) is 4.11. The number of carbonyl (C=O) groups is 2. The van der Waals surface area contributed by atoms with Crippen LogP contribution in [0.15, 0.2) is 47.1 Å². The Morgan fingerprint density at radius 1 is 1.12 bits per heavy atom. The van der Waals surface area contributed by atoms with Crippen LogP contribution in [-0.2, 0) is 11.3 Å². The van der Waals surface area contributed by atoms with Gasteiger partial charge < -0.3 is 24.7 Å². The molecule has 0 radical (unpaired) electrons. The fourth-order valence-electron chi connectivity index (χ4n) is 2.94. The number of hydrogen-bond acceptors (Lipinski definition) is 4. The van der Waals surface area contributed by atoms with Crippen molar-refractivity contribution in [2.45, 2.75) is 32.6 Å². The molecule has 0 spiro atoms. The lowest BCUT2D eigenvalue weighted by Crippen LogP contribution is -2.51. The lowest BCUT2D eigenvalue weighted by molar-refractivity contribution is -0.0545. The standard InChI is InChI=1S/C19H23N3O4/c1-13-11-22(12-14(2)26-13)19(24)20-10-15-5-7-16(8-6-15)21-18(23)17-4-3-9-25-17/h3-9,13-14H,10-12H2,1-2H3,(H,20,24)(H,21,23)/t13-,14-/m1/s1. The average Bonchev–Trinajstić information content (AvgIpc) is 3.15. The Morgan fingerprint density at radius 3 is 2.42 bits per heavy atom. The molecule has 2 heterocycles. The first kappa shape index (κ1) is 18.0. The molecule has 1 aromatic heterocycles. The number of anilines is 1. The smallest absolute Gasteiger partial charge is 0.317 e. The van der Waals surface area contributed by atoms with Crippen LogP contribution in [0.1, 0.15) is 30.0 Å². The Labute approximate surface area is 152 Å². The summed E-state index contributed by atoms with van der Waals surface area (Å²) in [5.74, 6) is -0.0399. The van der Waals surface area contributed by atoms with E-state index in [-0.39, 0.29) is 29.9 Å². The molecule has 2 aromatic rings. The first-order valence-corrected chi connectivity index (χ1v) is 8.63. The van der Waals surface area contributed by atoms with Crippen LogP contribution in [-0.4, -0.2) is 42.1 Å². The fourth-order valence-corrected chi connectivity index (χ4v) is 2.94. The summed E-state index contributed by atoms with van der Waals surface area (Å²) < 4.78 is 10.7. The van der Waals surface area contributed by atoms with Gasteiger partial charge in [-0.2, -0.15) is 0 Å². The SMILES string of the molecule is C[C@@H]1CN(C(=O)NCc2ccc(NC(=O)c3ccco3)cc2)C[C@@H](C)O1. The number of carbonyl (C=O) groups excluding carboxylic acids is 2. The number of morpholine rings is 1. The predicted octanol–water partition coefficient (Wildman–Crippen LogP) is 2.85. The van der Waals surface area contributed by atoms with E-state index < -0.39 is 0 Å². The summed E-state index contributed by atoms with van der Waals surface area (Å²) in [6.07, 6.45) is 1.54. The summed E-state index contributed by atoms with van der Waals surface area (Å²) in [5, 5.41) is 5.68. The number of ether oxygens (including phenoxy) is 1. The van der Waals surface area contributed by atoms with E-state index in [9.17, 15) is 9.59 Å². The maximum absolute atomic E-state index is 12.3. The van der Waals surface area contributed by atoms with Gasteiger partial charge in [0.2, 0.25) is 0 Å². The van der Waals surface area contributed by atoms with E-state index in [0.717, 1.165) is 5.56 Å². The zero-order valence-electron chi connectivity index (χ0n) is 14.9. The summed E-state index contributed by atoms with van der Waals surface area (Å²) in [7, 11) is 0. The van der Waals surface area contributed by atoms with Gasteiger partial charge in [-0.1, -0.05) is 12.1 Å². The maximum atomic E-state index is 12.3. The molecule has 7 heteroatoms. The van der Waals surface area contributed by atoms with E-state index in [4.69, 9.17) is 9.15 Å². The summed E-state index contributed by atoms with van der Waals surface area (Å²) in [6.45, 7) is 5.53. The molecule has 0 bridgehead atoms. The van der Waals surface area contributed by atoms with Gasteiger partial charge in [-0.15, -0.1) is 0 Å². The van der Waals surface area contributed by atoms with Crippen molar-refractivity contribution in [2.75, 3.05) is 18.4 Å². The van der Waals surface area contributed by atoms with Gasteiger partial charge in [0, 0.05) is 25.3 Å². The predicted molar refractivity (Wildman–Crippen MR) is 96.9 cm³/mol. The highest BCUT2D eigenvalue weighted by Crippen LogP contribution is 2.13. The summed E-state index contributed by atoms with van der Waals surface area (Å²) in [4.78, 5) is 26.0. The zero-order chi connectivity index (χ0) is 18.5. The maximum Gasteiger partial charge on any atom is 0.317 e. The summed E-state index contributed by atoms with van der Waals surface area (Å²) >= 11 is 0. The molecule has 1 saturated heterocycles. The van der Waals surface area contributed by atoms with Crippen LogP contribution in [0.2, 0.25) is 0 Å². The van der Waals surface area contributed by atoms with Crippen molar-refractivity contribution in [3.05, 3.63) is 54.0 Å². The van der Waals surface area contributed by atoms with Crippen LogP contribution in [0.25, 0.3) is 0 Å². The van der Waals surface area contributed by atoms with Crippen molar-refractivity contribution >= 4 is 17.6 Å². The Hall–Kier alpha value is -2.80. The van der Waals surface area contributed by atoms with Crippen molar-refractivity contribution in [1.82, 2.24) is 10.2 Å². The highest BCUT2D eigenvalue weighted by molar-refractivity contribution is 6.02. The van der Waals surface area contributed by atoms with E-state index in [1.165, 1.54) is 6.26 Å². The third-order valence-corrected chi connectivity index (χ3v) is 4.11. The first-order chi connectivity index (χ1) is 12.5. The molecule has 2 N–H and O–H groups in total. The molecule has 0 unspecified atom stereocenters. The van der Waals surface area contributed by atoms with E-state index in [2.05, 4.69) is 10.6 Å². The molecule has 1 aliphatic heterocycles. The third kappa shape index (κ3) is 4.64. The number of hydrogen-bond donors (Lipinski definition) is 2. The van der Waals surface area contributed by atoms with E-state index in [1.807, 2.05) is 26.0 Å². The second kappa shape index (κ2) is 8.05. The first-order valence-electron chi connectivity index (χ1n) is 8.63. The van der Waals surface area contributed by atoms with Gasteiger partial charge in [-0.05, 0) is 43.7 Å². The Bertz CT molecular complexity index is 733. The average molecular weight is 357 g/mol. The lowest BCUT2D eigenvalue weighted by Gasteiger charge is -2.35. The van der Waals surface area contributed by atoms with E-state index in [0.29, 0.717) is 25.3 Å². The Balaban J connectivity index is 1.49. The summed E-state index contributed by atoms with van der Waals surface area (Å²) in [5.41, 5.74) is 1.61. The Morgan fingerprint density at radius 2 is 1.81 bits per heavy atom. The monoisotopic (exact) mass is 357 g/mol. The van der Waals surface area contributed by atoms with Gasteiger partial charge >= 0.3 is 6.03 Å². The highest BCUT2D eigenvalue weighted by atomic mass is 16.5. The van der Waals surface area contributed by atoms with Crippen LogP contribution >= 0.6 is 0 Å². The van der Waals surface area contributed by atoms with Gasteiger partial charge in [0.25, 0.3) is 5.91 Å². The molecular weight excluding hydrogens is 334 g/mol. The topological polar surface area (TPSA) is 83.8 Å². The van der Waals surface area contributed by atoms with E-state index >= 15 is 0 Å². The minimum atomic E-state index is -0.299. The van der Waals surface area contributed by atoms with Gasteiger partial charge in [-0.25, -0.2) is 4.79 Å². The molecule has 138 valence electrons. The molecular formula is C19H23N3O4. The molecule has 1 aromatic carbocycles. The van der Waals surface area contributed by atoms with Crippen LogP contribution < -0.4 is 10.6 Å². The molecule has 0 saturated carbocycles. The number of benzene rings is 1. The van der Waals surface area contributed by atoms with Crippen molar-refractivity contribution in [2.24, 2.45) is 0 Å². The van der Waals surface area contributed by atoms with E-state index in [1.54, 1.807) is 29.2 Å². The van der Waals surface area contributed by atoms with Gasteiger partial charge in [-0.3, -0.25) is 4.79 Å². The number of nitrogens with zero attached hydrogens (tertiary/aromatic N) is 1. The molecule has 1 fully saturated rings. The van der Waals surface area contributed by atoms with Crippen LogP contribution in [0.4, 0.5) is 10.5 Å². The quantitative estimate of drug-likeness (QED) is 0.881. The number of amides is 3. The van der Waals surface area contributed by atoms with Crippen LogP contribution in [0.5, 0.6) is 0 Å². The molecule has 0 aliphatic carbocycles. The molecule has 26 heavy (non-hydrogen) atoms. The number of nitrogens with one attached hydrogen (secondary N) is 2. The van der Waals surface area contributed by atoms with Gasteiger partial charge in [0.1, 0.15) is 0 Å². The normalized spacial score (nSPS) is 19.8. The van der Waals surface area contributed by atoms with Crippen LogP contribution in [0, 0.1) is 0 Å². The zero-order valence-corrected chi connectivity index (χ0v) is 14.9. The molecule has 3 amide bonds. The largest absolute Gasteiger partial charge is 0.459 e. The van der Waals surface area contributed by atoms with Crippen molar-refractivity contribution in [3.8, 4) is 0 Å². The minimum Gasteiger partial charge on any atom is -0.459 e. The van der Waals surface area contributed by atoms with Crippen molar-refractivity contribution in [1.29, 1.82) is 0 Å². The fraction of sp³-hybridized carbons (Fsp3) is 0.368. The van der Waals surface area contributed by atoms with Gasteiger partial charge in [0.15, 0.2) is 5.76 Å².